The largest absolute Gasteiger partial charge is 0.309 e. The van der Waals surface area contributed by atoms with Gasteiger partial charge in [-0.25, -0.2) is 0 Å². The third kappa shape index (κ3) is 3.50. The highest BCUT2D eigenvalue weighted by molar-refractivity contribution is 6.10. The van der Waals surface area contributed by atoms with Crippen LogP contribution in [0.2, 0.25) is 0 Å². The fraction of sp³-hybridized carbons (Fsp3) is 0.136. The third-order valence-corrected chi connectivity index (χ3v) is 10.5. The van der Waals surface area contributed by atoms with E-state index in [0.29, 0.717) is 0 Å². The van der Waals surface area contributed by atoms with E-state index in [1.54, 1.807) is 0 Å². The van der Waals surface area contributed by atoms with Gasteiger partial charge in [-0.15, -0.1) is 0 Å². The highest BCUT2D eigenvalue weighted by Gasteiger charge is 2.42. The molecule has 0 aliphatic heterocycles. The molecule has 7 aromatic rings. The molecule has 0 amide bonds. The summed E-state index contributed by atoms with van der Waals surface area (Å²) in [6.07, 6.45) is 0. The first kappa shape index (κ1) is 26.3. The summed E-state index contributed by atoms with van der Waals surface area (Å²) in [6.45, 7) is 9.58. The summed E-state index contributed by atoms with van der Waals surface area (Å²) in [5.41, 5.74) is 14.3. The van der Waals surface area contributed by atoms with Crippen molar-refractivity contribution in [2.24, 2.45) is 0 Å². The molecule has 2 aliphatic rings. The molecular weight excluding hydrogens is 542 g/mol. The molecule has 0 unspecified atom stereocenters. The Morgan fingerprint density at radius 2 is 0.822 bits per heavy atom. The minimum absolute atomic E-state index is 0.135. The predicted molar refractivity (Wildman–Crippen MR) is 191 cm³/mol. The lowest BCUT2D eigenvalue weighted by molar-refractivity contribution is 0.666. The van der Waals surface area contributed by atoms with Gasteiger partial charge in [0, 0.05) is 27.6 Å². The lowest BCUT2D eigenvalue weighted by Gasteiger charge is -2.32. The van der Waals surface area contributed by atoms with Crippen molar-refractivity contribution in [1.82, 2.24) is 0 Å². The average molecular weight is 578 g/mol. The number of benzene rings is 7. The van der Waals surface area contributed by atoms with Crippen LogP contribution >= 0.6 is 0 Å². The lowest BCUT2D eigenvalue weighted by Crippen LogP contribution is -2.18. The van der Waals surface area contributed by atoms with Crippen LogP contribution in [0.4, 0.5) is 17.1 Å². The maximum absolute atomic E-state index is 2.56. The van der Waals surface area contributed by atoms with E-state index >= 15 is 0 Å². The van der Waals surface area contributed by atoms with Crippen LogP contribution in [-0.4, -0.2) is 0 Å². The van der Waals surface area contributed by atoms with Crippen LogP contribution in [0.15, 0.2) is 140 Å². The van der Waals surface area contributed by atoms with Crippen LogP contribution in [0, 0.1) is 0 Å². The number of hydrogen-bond donors (Lipinski definition) is 0. The summed E-state index contributed by atoms with van der Waals surface area (Å²) in [6, 6.07) is 51.9. The quantitative estimate of drug-likeness (QED) is 0.202. The molecule has 0 heterocycles. The van der Waals surface area contributed by atoms with Gasteiger partial charge in [0.15, 0.2) is 0 Å². The Labute approximate surface area is 265 Å². The first-order valence-corrected chi connectivity index (χ1v) is 16.0. The topological polar surface area (TPSA) is 3.24 Å². The van der Waals surface area contributed by atoms with Crippen molar-refractivity contribution in [2.75, 3.05) is 4.90 Å². The zero-order chi connectivity index (χ0) is 30.5. The molecule has 2 aliphatic carbocycles. The summed E-state index contributed by atoms with van der Waals surface area (Å²) in [7, 11) is 0. The van der Waals surface area contributed by atoms with Crippen molar-refractivity contribution in [3.63, 3.8) is 0 Å². The number of para-hydroxylation sites is 1. The Bertz CT molecular complexity index is 2180. The molecule has 1 nitrogen and oxygen atoms in total. The van der Waals surface area contributed by atoms with Crippen molar-refractivity contribution in [2.45, 2.75) is 38.5 Å². The van der Waals surface area contributed by atoms with E-state index in [1.165, 1.54) is 77.4 Å². The molecule has 1 heteroatoms. The summed E-state index contributed by atoms with van der Waals surface area (Å²) in [5, 5.41) is 5.21. The van der Waals surface area contributed by atoms with Crippen molar-refractivity contribution in [1.29, 1.82) is 0 Å². The molecule has 0 spiro atoms. The van der Waals surface area contributed by atoms with E-state index in [-0.39, 0.29) is 10.8 Å². The molecule has 0 saturated heterocycles. The highest BCUT2D eigenvalue weighted by Crippen LogP contribution is 2.60. The SMILES string of the molecule is CC1(C)c2ccccc2-c2c(N(c3ccccc3)c3cc4ccccc4c4c3-c3ccccc3C4(C)C)cc3ccccc3c21. The van der Waals surface area contributed by atoms with Gasteiger partial charge in [-0.1, -0.05) is 143 Å². The zero-order valence-corrected chi connectivity index (χ0v) is 26.2. The van der Waals surface area contributed by atoms with E-state index < -0.39 is 0 Å². The van der Waals surface area contributed by atoms with Crippen LogP contribution < -0.4 is 4.90 Å². The van der Waals surface area contributed by atoms with Gasteiger partial charge in [0.1, 0.15) is 0 Å². The summed E-state index contributed by atoms with van der Waals surface area (Å²) in [4.78, 5) is 2.56. The second kappa shape index (κ2) is 9.19. The van der Waals surface area contributed by atoms with Gasteiger partial charge in [-0.05, 0) is 79.2 Å². The zero-order valence-electron chi connectivity index (χ0n) is 26.2. The number of hydrogen-bond acceptors (Lipinski definition) is 1. The van der Waals surface area contributed by atoms with E-state index in [0.717, 1.165) is 5.69 Å². The third-order valence-electron chi connectivity index (χ3n) is 10.5. The smallest absolute Gasteiger partial charge is 0.0549 e. The van der Waals surface area contributed by atoms with E-state index in [1.807, 2.05) is 0 Å². The van der Waals surface area contributed by atoms with Gasteiger partial charge in [-0.3, -0.25) is 0 Å². The van der Waals surface area contributed by atoms with Gasteiger partial charge < -0.3 is 4.90 Å². The Morgan fingerprint density at radius 1 is 0.422 bits per heavy atom. The second-order valence-electron chi connectivity index (χ2n) is 13.7. The van der Waals surface area contributed by atoms with Gasteiger partial charge in [0.2, 0.25) is 0 Å². The average Bonchev–Trinajstić information content (AvgIpc) is 3.46. The molecule has 216 valence electrons. The van der Waals surface area contributed by atoms with Crippen LogP contribution in [0.3, 0.4) is 0 Å². The Hall–Kier alpha value is -5.14. The monoisotopic (exact) mass is 577 g/mol. The number of anilines is 3. The maximum Gasteiger partial charge on any atom is 0.0549 e. The molecule has 9 rings (SSSR count). The van der Waals surface area contributed by atoms with Crippen molar-refractivity contribution >= 4 is 38.6 Å². The molecule has 0 fully saturated rings. The molecule has 0 N–H and O–H groups in total. The first-order chi connectivity index (χ1) is 21.9. The van der Waals surface area contributed by atoms with Crippen molar-refractivity contribution in [3.8, 4) is 22.3 Å². The van der Waals surface area contributed by atoms with E-state index in [9.17, 15) is 0 Å². The van der Waals surface area contributed by atoms with Gasteiger partial charge in [0.25, 0.3) is 0 Å². The molecular formula is C44H35N. The molecule has 0 bridgehead atoms. The molecule has 0 atom stereocenters. The van der Waals surface area contributed by atoms with Gasteiger partial charge in [-0.2, -0.15) is 0 Å². The normalized spacial score (nSPS) is 15.0. The highest BCUT2D eigenvalue weighted by atomic mass is 15.1. The van der Waals surface area contributed by atoms with Crippen LogP contribution in [0.25, 0.3) is 43.8 Å². The maximum atomic E-state index is 2.56. The molecule has 0 aromatic heterocycles. The van der Waals surface area contributed by atoms with Crippen LogP contribution in [-0.2, 0) is 10.8 Å². The second-order valence-corrected chi connectivity index (χ2v) is 13.7. The van der Waals surface area contributed by atoms with Gasteiger partial charge in [0.05, 0.1) is 11.4 Å². The fourth-order valence-corrected chi connectivity index (χ4v) is 8.61. The van der Waals surface area contributed by atoms with E-state index in [4.69, 9.17) is 0 Å². The molecule has 45 heavy (non-hydrogen) atoms. The summed E-state index contributed by atoms with van der Waals surface area (Å²) >= 11 is 0. The van der Waals surface area contributed by atoms with Gasteiger partial charge >= 0.3 is 0 Å². The first-order valence-electron chi connectivity index (χ1n) is 16.0. The number of fused-ring (bicyclic) bond motifs is 10. The Balaban J connectivity index is 1.48. The van der Waals surface area contributed by atoms with Crippen LogP contribution in [0.5, 0.6) is 0 Å². The minimum Gasteiger partial charge on any atom is -0.309 e. The predicted octanol–water partition coefficient (Wildman–Crippen LogP) is 12.1. The van der Waals surface area contributed by atoms with Crippen molar-refractivity contribution < 1.29 is 0 Å². The summed E-state index contributed by atoms with van der Waals surface area (Å²) < 4.78 is 0. The number of nitrogens with zero attached hydrogens (tertiary/aromatic N) is 1. The Kier molecular flexibility index (Phi) is 5.37. The molecule has 0 saturated carbocycles. The van der Waals surface area contributed by atoms with E-state index in [2.05, 4.69) is 172 Å². The molecule has 0 radical (unpaired) electrons. The Morgan fingerprint density at radius 3 is 1.31 bits per heavy atom. The number of rotatable bonds is 3. The minimum atomic E-state index is -0.135. The standard InChI is InChI=1S/C44H35N/c1-43(2)35-24-14-12-22-33(35)39-37(26-28-16-8-10-20-31(28)41(39)43)45(30-18-6-5-7-19-30)38-27-29-17-9-11-21-32(29)42-40(38)34-23-13-15-25-36(34)44(42,3)4/h5-27H,1-4H3. The van der Waals surface area contributed by atoms with Crippen molar-refractivity contribution in [3.05, 3.63) is 162 Å². The van der Waals surface area contributed by atoms with Crippen LogP contribution in [0.1, 0.15) is 49.9 Å². The fourth-order valence-electron chi connectivity index (χ4n) is 8.61. The lowest BCUT2D eigenvalue weighted by atomic mass is 9.79. The molecule has 7 aromatic carbocycles. The summed E-state index contributed by atoms with van der Waals surface area (Å²) in [5.74, 6) is 0.